The molecule has 1 aliphatic rings. The Balaban J connectivity index is 2.46. The van der Waals surface area contributed by atoms with Crippen LogP contribution in [0.2, 0.25) is 0 Å². The van der Waals surface area contributed by atoms with Crippen LogP contribution < -0.4 is 5.32 Å². The molecule has 0 saturated carbocycles. The molecule has 1 N–H and O–H groups in total. The fraction of sp³-hybridized carbons (Fsp3) is 1.00. The summed E-state index contributed by atoms with van der Waals surface area (Å²) >= 11 is 0. The monoisotopic (exact) mass is 155 g/mol. The molecule has 11 heavy (non-hydrogen) atoms. The van der Waals surface area contributed by atoms with Crippen molar-refractivity contribution in [2.24, 2.45) is 11.3 Å². The van der Waals surface area contributed by atoms with E-state index in [-0.39, 0.29) is 0 Å². The maximum atomic E-state index is 3.48. The Kier molecular flexibility index (Phi) is 2.58. The molecule has 1 heterocycles. The Morgan fingerprint density at radius 1 is 1.27 bits per heavy atom. The fourth-order valence-corrected chi connectivity index (χ4v) is 1.92. The molecule has 0 spiro atoms. The van der Waals surface area contributed by atoms with E-state index < -0.39 is 0 Å². The van der Waals surface area contributed by atoms with Gasteiger partial charge in [-0.05, 0) is 37.6 Å². The van der Waals surface area contributed by atoms with Gasteiger partial charge in [0.2, 0.25) is 0 Å². The Labute approximate surface area is 70.6 Å². The van der Waals surface area contributed by atoms with E-state index in [9.17, 15) is 0 Å². The molecule has 0 radical (unpaired) electrons. The van der Waals surface area contributed by atoms with Crippen molar-refractivity contribution in [2.75, 3.05) is 6.54 Å². The molecule has 1 fully saturated rings. The van der Waals surface area contributed by atoms with E-state index in [0.29, 0.717) is 5.41 Å². The van der Waals surface area contributed by atoms with Crippen molar-refractivity contribution in [3.63, 3.8) is 0 Å². The predicted octanol–water partition coefficient (Wildman–Crippen LogP) is 2.42. The van der Waals surface area contributed by atoms with Crippen LogP contribution in [0.5, 0.6) is 0 Å². The van der Waals surface area contributed by atoms with E-state index in [4.69, 9.17) is 0 Å². The van der Waals surface area contributed by atoms with Gasteiger partial charge in [-0.2, -0.15) is 0 Å². The molecule has 0 aromatic carbocycles. The maximum Gasteiger partial charge on any atom is 0.00415 e. The largest absolute Gasteiger partial charge is 0.314 e. The van der Waals surface area contributed by atoms with Gasteiger partial charge in [0.1, 0.15) is 0 Å². The van der Waals surface area contributed by atoms with Crippen LogP contribution in [-0.2, 0) is 0 Å². The van der Waals surface area contributed by atoms with Crippen LogP contribution in [0, 0.1) is 11.3 Å². The average Bonchev–Trinajstić information content (AvgIpc) is 1.86. The molecule has 1 heteroatoms. The Morgan fingerprint density at radius 2 is 1.91 bits per heavy atom. The van der Waals surface area contributed by atoms with Crippen LogP contribution in [0.15, 0.2) is 0 Å². The molecule has 1 aliphatic heterocycles. The maximum absolute atomic E-state index is 3.48. The highest BCUT2D eigenvalue weighted by atomic mass is 14.9. The summed E-state index contributed by atoms with van der Waals surface area (Å²) in [6, 6.07) is 0.730. The lowest BCUT2D eigenvalue weighted by molar-refractivity contribution is 0.165. The summed E-state index contributed by atoms with van der Waals surface area (Å²) in [6.45, 7) is 10.6. The highest BCUT2D eigenvalue weighted by Crippen LogP contribution is 2.33. The minimum Gasteiger partial charge on any atom is -0.314 e. The molecule has 0 aromatic heterocycles. The number of hydrogen-bond acceptors (Lipinski definition) is 1. The lowest BCUT2D eigenvalue weighted by Crippen LogP contribution is -2.40. The number of nitrogens with one attached hydrogen (secondary N) is 1. The third-order valence-corrected chi connectivity index (χ3v) is 2.85. The van der Waals surface area contributed by atoms with Gasteiger partial charge in [-0.25, -0.2) is 0 Å². The molecule has 0 amide bonds. The van der Waals surface area contributed by atoms with E-state index in [0.717, 1.165) is 12.0 Å². The summed E-state index contributed by atoms with van der Waals surface area (Å²) in [7, 11) is 0. The molecule has 1 saturated heterocycles. The molecular formula is C10H21N. The predicted molar refractivity (Wildman–Crippen MR) is 49.6 cm³/mol. The van der Waals surface area contributed by atoms with Crippen molar-refractivity contribution in [3.8, 4) is 0 Å². The smallest absolute Gasteiger partial charge is 0.00415 e. The highest BCUT2D eigenvalue weighted by Gasteiger charge is 2.28. The standard InChI is InChI=1S/C10H21N/c1-8-7-9(5-6-11-8)10(2,3)4/h8-9,11H,5-7H2,1-4H3/t8-,9-/m1/s1. The van der Waals surface area contributed by atoms with Crippen LogP contribution in [0.4, 0.5) is 0 Å². The summed E-state index contributed by atoms with van der Waals surface area (Å²) in [6.07, 6.45) is 2.71. The SMILES string of the molecule is C[C@@H]1C[C@H](C(C)(C)C)CCN1. The van der Waals surface area contributed by atoms with Crippen molar-refractivity contribution < 1.29 is 0 Å². The van der Waals surface area contributed by atoms with E-state index in [1.807, 2.05) is 0 Å². The minimum atomic E-state index is 0.510. The van der Waals surface area contributed by atoms with Crippen molar-refractivity contribution in [3.05, 3.63) is 0 Å². The molecule has 0 aromatic rings. The first-order valence-corrected chi connectivity index (χ1v) is 4.73. The zero-order valence-corrected chi connectivity index (χ0v) is 8.28. The van der Waals surface area contributed by atoms with E-state index >= 15 is 0 Å². The minimum absolute atomic E-state index is 0.510. The third-order valence-electron chi connectivity index (χ3n) is 2.85. The lowest BCUT2D eigenvalue weighted by Gasteiger charge is -2.37. The van der Waals surface area contributed by atoms with Gasteiger partial charge in [0.05, 0.1) is 0 Å². The van der Waals surface area contributed by atoms with E-state index in [1.54, 1.807) is 0 Å². The molecule has 1 nitrogen and oxygen atoms in total. The summed E-state index contributed by atoms with van der Waals surface area (Å²) in [5.41, 5.74) is 0.510. The zero-order valence-electron chi connectivity index (χ0n) is 8.28. The quantitative estimate of drug-likeness (QED) is 0.566. The first kappa shape index (κ1) is 9.05. The van der Waals surface area contributed by atoms with Crippen LogP contribution in [0.3, 0.4) is 0 Å². The summed E-state index contributed by atoms with van der Waals surface area (Å²) in [5.74, 6) is 0.916. The molecular weight excluding hydrogens is 134 g/mol. The van der Waals surface area contributed by atoms with Gasteiger partial charge in [-0.15, -0.1) is 0 Å². The van der Waals surface area contributed by atoms with Crippen molar-refractivity contribution in [1.82, 2.24) is 5.32 Å². The summed E-state index contributed by atoms with van der Waals surface area (Å²) in [5, 5.41) is 3.48. The van der Waals surface area contributed by atoms with Crippen molar-refractivity contribution >= 4 is 0 Å². The van der Waals surface area contributed by atoms with E-state index in [2.05, 4.69) is 33.0 Å². The third kappa shape index (κ3) is 2.48. The van der Waals surface area contributed by atoms with Gasteiger partial charge in [-0.3, -0.25) is 0 Å². The lowest BCUT2D eigenvalue weighted by atomic mass is 9.74. The van der Waals surface area contributed by atoms with Gasteiger partial charge in [0.25, 0.3) is 0 Å². The normalized spacial score (nSPS) is 33.8. The number of hydrogen-bond donors (Lipinski definition) is 1. The van der Waals surface area contributed by atoms with Gasteiger partial charge in [-0.1, -0.05) is 20.8 Å². The van der Waals surface area contributed by atoms with Crippen molar-refractivity contribution in [1.29, 1.82) is 0 Å². The Morgan fingerprint density at radius 3 is 2.27 bits per heavy atom. The Hall–Kier alpha value is -0.0400. The van der Waals surface area contributed by atoms with Crippen LogP contribution >= 0.6 is 0 Å². The highest BCUT2D eigenvalue weighted by molar-refractivity contribution is 4.82. The average molecular weight is 155 g/mol. The second-order valence-corrected chi connectivity index (χ2v) is 4.94. The first-order valence-electron chi connectivity index (χ1n) is 4.73. The summed E-state index contributed by atoms with van der Waals surface area (Å²) < 4.78 is 0. The second kappa shape index (κ2) is 3.14. The van der Waals surface area contributed by atoms with Crippen LogP contribution in [-0.4, -0.2) is 12.6 Å². The number of piperidine rings is 1. The molecule has 0 aliphatic carbocycles. The molecule has 1 rings (SSSR count). The topological polar surface area (TPSA) is 12.0 Å². The summed E-state index contributed by atoms with van der Waals surface area (Å²) in [4.78, 5) is 0. The second-order valence-electron chi connectivity index (χ2n) is 4.94. The van der Waals surface area contributed by atoms with Gasteiger partial charge >= 0.3 is 0 Å². The number of rotatable bonds is 0. The van der Waals surface area contributed by atoms with Gasteiger partial charge < -0.3 is 5.32 Å². The molecule has 0 unspecified atom stereocenters. The zero-order chi connectivity index (χ0) is 8.48. The Bertz CT molecular complexity index is 123. The van der Waals surface area contributed by atoms with Crippen molar-refractivity contribution in [2.45, 2.75) is 46.6 Å². The van der Waals surface area contributed by atoms with Gasteiger partial charge in [0, 0.05) is 6.04 Å². The van der Waals surface area contributed by atoms with Crippen LogP contribution in [0.1, 0.15) is 40.5 Å². The molecule has 2 atom stereocenters. The molecule has 66 valence electrons. The fourth-order valence-electron chi connectivity index (χ4n) is 1.92. The van der Waals surface area contributed by atoms with E-state index in [1.165, 1.54) is 19.4 Å². The van der Waals surface area contributed by atoms with Crippen LogP contribution in [0.25, 0.3) is 0 Å². The van der Waals surface area contributed by atoms with Gasteiger partial charge in [0.15, 0.2) is 0 Å². The first-order chi connectivity index (χ1) is 5.00. The molecule has 0 bridgehead atoms.